The molecule has 0 N–H and O–H groups in total. The van der Waals surface area contributed by atoms with E-state index in [0.717, 1.165) is 33.6 Å². The monoisotopic (exact) mass is 789 g/mol. The summed E-state index contributed by atoms with van der Waals surface area (Å²) in [5, 5.41) is 3.72. The molecule has 0 bridgehead atoms. The topological polar surface area (TPSA) is 44.8 Å². The number of ether oxygens (including phenoxy) is 3. The molecule has 5 heteroatoms. The largest absolute Gasteiger partial charge is 0.489 e. The predicted octanol–water partition coefficient (Wildman–Crippen LogP) is 11.5. The lowest BCUT2D eigenvalue weighted by Crippen LogP contribution is -2.36. The minimum atomic E-state index is -2.59. The summed E-state index contributed by atoms with van der Waals surface area (Å²) in [5.74, 6) is 2.07. The van der Waals surface area contributed by atoms with Gasteiger partial charge < -0.3 is 14.2 Å². The highest BCUT2D eigenvalue weighted by atomic mass is 31.2. The Morgan fingerprint density at radius 1 is 0.475 bits per heavy atom. The molecule has 0 aromatic heterocycles. The van der Waals surface area contributed by atoms with Crippen LogP contribution in [0.2, 0.25) is 0 Å². The Morgan fingerprint density at radius 2 is 0.898 bits per heavy atom. The molecule has 0 spiro atoms. The number of rotatable bonds is 16. The number of hydrogen-bond acceptors (Lipinski definition) is 4. The Morgan fingerprint density at radius 3 is 1.36 bits per heavy atom. The second-order valence-corrected chi connectivity index (χ2v) is 18.0. The number of carbonyl (C=O) groups excluding carboxylic acids is 1. The van der Waals surface area contributed by atoms with E-state index in [1.165, 1.54) is 15.9 Å². The maximum absolute atomic E-state index is 13.8. The number of carbonyl (C=O) groups is 1. The van der Waals surface area contributed by atoms with Crippen LogP contribution in [0.4, 0.5) is 0 Å². The summed E-state index contributed by atoms with van der Waals surface area (Å²) in [6.45, 7) is 2.88. The summed E-state index contributed by atoms with van der Waals surface area (Å²) in [5.41, 5.74) is 5.73. The zero-order valence-corrected chi connectivity index (χ0v) is 34.0. The fourth-order valence-corrected chi connectivity index (χ4v) is 12.6. The van der Waals surface area contributed by atoms with Crippen molar-refractivity contribution in [2.24, 2.45) is 0 Å². The zero-order valence-electron chi connectivity index (χ0n) is 33.1. The second kappa shape index (κ2) is 18.7. The normalized spacial score (nSPS) is 11.7. The van der Waals surface area contributed by atoms with E-state index in [0.29, 0.717) is 30.3 Å². The molecule has 4 nitrogen and oxygen atoms in total. The van der Waals surface area contributed by atoms with Crippen LogP contribution in [-0.4, -0.2) is 12.4 Å². The van der Waals surface area contributed by atoms with Crippen molar-refractivity contribution >= 4 is 29.0 Å². The van der Waals surface area contributed by atoms with Crippen LogP contribution >= 0.6 is 7.26 Å². The van der Waals surface area contributed by atoms with E-state index in [4.69, 9.17) is 14.2 Å². The van der Waals surface area contributed by atoms with E-state index in [1.54, 1.807) is 0 Å². The summed E-state index contributed by atoms with van der Waals surface area (Å²) in [7, 11) is -2.59. The fraction of sp³-hybridized carbons (Fsp3) is 0.0926. The molecule has 59 heavy (non-hydrogen) atoms. The summed E-state index contributed by atoms with van der Waals surface area (Å²) in [4.78, 5) is 13.8. The van der Waals surface area contributed by atoms with Crippen LogP contribution in [0.25, 0.3) is 0 Å². The Hall–Kier alpha value is -6.74. The van der Waals surface area contributed by atoms with E-state index in [9.17, 15) is 4.79 Å². The SMILES string of the molecule is Cc1ccc(C(c2ccc(OCc3ccccc3)cc2)[P+](c2ccccc2)(c2ccccc2)c2ccccc2)c(OCC(=O)c2ccc(OCc3ccccc3)cc2)c1. The standard InChI is InChI=1S/C54H46O4P/c1-41-27-36-51(53(37-41)58-40-52(55)44-28-32-46(33-29-44)56-38-42-17-7-2-8-18-42)54(45-30-34-47(35-31-45)57-39-43-19-9-3-10-20-43)59(48-21-11-4-12-22-48,49-23-13-5-14-24-49)50-25-15-6-16-26-50/h2-37,54H,38-40H2,1H3/q+1. The molecule has 1 atom stereocenters. The van der Waals surface area contributed by atoms with Crippen molar-refractivity contribution in [3.05, 3.63) is 252 Å². The van der Waals surface area contributed by atoms with E-state index in [-0.39, 0.29) is 18.0 Å². The molecule has 0 saturated heterocycles. The molecule has 0 amide bonds. The average molecular weight is 790 g/mol. The van der Waals surface area contributed by atoms with Crippen LogP contribution < -0.4 is 30.1 Å². The molecule has 0 aliphatic heterocycles. The van der Waals surface area contributed by atoms with Gasteiger partial charge in [0, 0.05) is 11.1 Å². The van der Waals surface area contributed by atoms with Crippen molar-refractivity contribution in [2.45, 2.75) is 25.8 Å². The first-order chi connectivity index (χ1) is 29.1. The highest BCUT2D eigenvalue weighted by molar-refractivity contribution is 7.96. The molecule has 8 aromatic rings. The Bertz CT molecular complexity index is 2450. The molecule has 0 heterocycles. The van der Waals surface area contributed by atoms with Gasteiger partial charge in [-0.3, -0.25) is 4.79 Å². The average Bonchev–Trinajstić information content (AvgIpc) is 3.31. The van der Waals surface area contributed by atoms with E-state index in [2.05, 4.69) is 153 Å². The number of hydrogen-bond donors (Lipinski definition) is 0. The van der Waals surface area contributed by atoms with Crippen molar-refractivity contribution < 1.29 is 19.0 Å². The van der Waals surface area contributed by atoms with Gasteiger partial charge in [0.1, 0.15) is 59.3 Å². The van der Waals surface area contributed by atoms with E-state index >= 15 is 0 Å². The first kappa shape index (κ1) is 39.1. The van der Waals surface area contributed by atoms with Crippen molar-refractivity contribution in [1.29, 1.82) is 0 Å². The molecule has 0 saturated carbocycles. The van der Waals surface area contributed by atoms with Gasteiger partial charge in [-0.25, -0.2) is 0 Å². The minimum Gasteiger partial charge on any atom is -0.489 e. The number of benzene rings is 8. The van der Waals surface area contributed by atoms with Crippen LogP contribution in [0.5, 0.6) is 17.2 Å². The predicted molar refractivity (Wildman–Crippen MR) is 242 cm³/mol. The minimum absolute atomic E-state index is 0.112. The lowest BCUT2D eigenvalue weighted by Gasteiger charge is -2.36. The number of ketones is 1. The quantitative estimate of drug-likeness (QED) is 0.0722. The first-order valence-electron chi connectivity index (χ1n) is 19.9. The molecule has 1 unspecified atom stereocenters. The highest BCUT2D eigenvalue weighted by Gasteiger charge is 2.54. The number of aryl methyl sites for hydroxylation is 1. The van der Waals surface area contributed by atoms with Gasteiger partial charge in [0.2, 0.25) is 0 Å². The highest BCUT2D eigenvalue weighted by Crippen LogP contribution is 2.70. The van der Waals surface area contributed by atoms with Crippen molar-refractivity contribution in [1.82, 2.24) is 0 Å². The van der Waals surface area contributed by atoms with Crippen LogP contribution in [-0.2, 0) is 13.2 Å². The lowest BCUT2D eigenvalue weighted by atomic mass is 10.0. The van der Waals surface area contributed by atoms with E-state index < -0.39 is 7.26 Å². The van der Waals surface area contributed by atoms with Crippen LogP contribution in [0.3, 0.4) is 0 Å². The third-order valence-electron chi connectivity index (χ3n) is 10.6. The summed E-state index contributed by atoms with van der Waals surface area (Å²) < 4.78 is 19.0. The molecular formula is C54H46O4P+. The summed E-state index contributed by atoms with van der Waals surface area (Å²) >= 11 is 0. The molecule has 0 fully saturated rings. The van der Waals surface area contributed by atoms with Gasteiger partial charge >= 0.3 is 0 Å². The summed E-state index contributed by atoms with van der Waals surface area (Å²) in [6.07, 6.45) is 0. The molecule has 8 aromatic carbocycles. The van der Waals surface area contributed by atoms with Gasteiger partial charge in [0.25, 0.3) is 0 Å². The number of Topliss-reactive ketones (excluding diaryl/α,β-unsaturated/α-hetero) is 1. The van der Waals surface area contributed by atoms with Gasteiger partial charge in [0.05, 0.1) is 0 Å². The molecular weight excluding hydrogens is 744 g/mol. The Balaban J connectivity index is 1.20. The first-order valence-corrected chi connectivity index (χ1v) is 21.8. The molecule has 0 radical (unpaired) electrons. The Kier molecular flexibility index (Phi) is 12.4. The van der Waals surface area contributed by atoms with Gasteiger partial charge in [-0.2, -0.15) is 0 Å². The van der Waals surface area contributed by atoms with Crippen LogP contribution in [0, 0.1) is 6.92 Å². The smallest absolute Gasteiger partial charge is 0.200 e. The molecule has 0 aliphatic rings. The van der Waals surface area contributed by atoms with Crippen molar-refractivity contribution in [2.75, 3.05) is 6.61 Å². The Labute approximate surface area is 348 Å². The third kappa shape index (κ3) is 9.05. The van der Waals surface area contributed by atoms with Crippen LogP contribution in [0.1, 0.15) is 43.8 Å². The molecule has 290 valence electrons. The maximum atomic E-state index is 13.8. The van der Waals surface area contributed by atoms with Gasteiger partial charge in [-0.15, -0.1) is 0 Å². The fourth-order valence-electron chi connectivity index (χ4n) is 7.68. The van der Waals surface area contributed by atoms with E-state index in [1.807, 2.05) is 72.8 Å². The molecule has 8 rings (SSSR count). The third-order valence-corrected chi connectivity index (χ3v) is 15.3. The maximum Gasteiger partial charge on any atom is 0.200 e. The van der Waals surface area contributed by atoms with Crippen molar-refractivity contribution in [3.8, 4) is 17.2 Å². The van der Waals surface area contributed by atoms with Crippen molar-refractivity contribution in [3.63, 3.8) is 0 Å². The zero-order chi connectivity index (χ0) is 40.3. The second-order valence-electron chi connectivity index (χ2n) is 14.5. The van der Waals surface area contributed by atoms with Gasteiger partial charge in [-0.1, -0.05) is 140 Å². The lowest BCUT2D eigenvalue weighted by molar-refractivity contribution is 0.0921. The summed E-state index contributed by atoms with van der Waals surface area (Å²) in [6, 6.07) is 75.2. The van der Waals surface area contributed by atoms with Gasteiger partial charge in [-0.05, 0) is 108 Å². The van der Waals surface area contributed by atoms with Crippen LogP contribution in [0.15, 0.2) is 218 Å². The molecule has 0 aliphatic carbocycles. The van der Waals surface area contributed by atoms with Gasteiger partial charge in [0.15, 0.2) is 12.4 Å².